The van der Waals surface area contributed by atoms with Gasteiger partial charge in [0.25, 0.3) is 0 Å². The second kappa shape index (κ2) is 7.09. The van der Waals surface area contributed by atoms with Gasteiger partial charge in [-0.1, -0.05) is 22.9 Å². The van der Waals surface area contributed by atoms with E-state index in [0.29, 0.717) is 13.2 Å². The molecule has 0 aromatic heterocycles. The number of hydrogen-bond acceptors (Lipinski definition) is 4. The molecule has 0 bridgehead atoms. The van der Waals surface area contributed by atoms with Gasteiger partial charge in [-0.3, -0.25) is 0 Å². The molecule has 1 atom stereocenters. The number of fused-ring (bicyclic) bond motifs is 1. The molecule has 2 rings (SSSR count). The molecule has 1 unspecified atom stereocenters. The van der Waals surface area contributed by atoms with Crippen molar-refractivity contribution in [3.05, 3.63) is 27.7 Å². The predicted octanol–water partition coefficient (Wildman–Crippen LogP) is 1.80. The summed E-state index contributed by atoms with van der Waals surface area (Å²) in [5.41, 5.74) is 2.00. The lowest BCUT2D eigenvalue weighted by atomic mass is 10.1. The van der Waals surface area contributed by atoms with E-state index in [0.717, 1.165) is 34.3 Å². The van der Waals surface area contributed by atoms with Crippen LogP contribution in [0.5, 0.6) is 5.75 Å². The summed E-state index contributed by atoms with van der Waals surface area (Å²) in [4.78, 5) is 0. The minimum absolute atomic E-state index is 0.251. The first-order valence-electron chi connectivity index (χ1n) is 7.07. The molecule has 1 aliphatic heterocycles. The van der Waals surface area contributed by atoms with Crippen LogP contribution in [0.2, 0.25) is 0 Å². The number of halogens is 1. The van der Waals surface area contributed by atoms with Crippen molar-refractivity contribution in [3.63, 3.8) is 0 Å². The molecule has 7 heteroatoms. The van der Waals surface area contributed by atoms with Gasteiger partial charge in [0, 0.05) is 29.5 Å². The second-order valence-electron chi connectivity index (χ2n) is 5.14. The minimum Gasteiger partial charge on any atom is -0.493 e. The molecule has 0 saturated heterocycles. The fraction of sp³-hybridized carbons (Fsp3) is 0.571. The molecule has 0 spiro atoms. The van der Waals surface area contributed by atoms with Gasteiger partial charge in [0.1, 0.15) is 5.75 Å². The highest BCUT2D eigenvalue weighted by Gasteiger charge is 2.22. The predicted molar refractivity (Wildman–Crippen MR) is 87.1 cm³/mol. The van der Waals surface area contributed by atoms with Crippen LogP contribution in [0.1, 0.15) is 25.0 Å². The number of rotatable bonds is 7. The zero-order valence-electron chi connectivity index (χ0n) is 12.3. The SMILES string of the molecule is CCNCC(C)S(=O)(=O)NCc1cc(Br)cc2c1OCC2. The smallest absolute Gasteiger partial charge is 0.215 e. The molecule has 21 heavy (non-hydrogen) atoms. The Morgan fingerprint density at radius 3 is 2.90 bits per heavy atom. The molecular weight excluding hydrogens is 356 g/mol. The average Bonchev–Trinajstić information content (AvgIpc) is 2.90. The maximum atomic E-state index is 12.2. The molecule has 1 heterocycles. The van der Waals surface area contributed by atoms with Gasteiger partial charge in [-0.25, -0.2) is 13.1 Å². The van der Waals surface area contributed by atoms with Crippen LogP contribution in [0.25, 0.3) is 0 Å². The molecule has 0 saturated carbocycles. The first kappa shape index (κ1) is 16.7. The Morgan fingerprint density at radius 2 is 2.19 bits per heavy atom. The quantitative estimate of drug-likeness (QED) is 0.761. The van der Waals surface area contributed by atoms with Gasteiger partial charge in [-0.15, -0.1) is 0 Å². The van der Waals surface area contributed by atoms with E-state index in [1.54, 1.807) is 6.92 Å². The first-order chi connectivity index (χ1) is 9.94. The standard InChI is InChI=1S/C14H21BrN2O3S/c1-3-16-8-10(2)21(18,19)17-9-12-7-13(15)6-11-4-5-20-14(11)12/h6-7,10,16-17H,3-5,8-9H2,1-2H3. The van der Waals surface area contributed by atoms with Crippen molar-refractivity contribution in [2.24, 2.45) is 0 Å². The highest BCUT2D eigenvalue weighted by Crippen LogP contribution is 2.33. The van der Waals surface area contributed by atoms with Crippen LogP contribution < -0.4 is 14.8 Å². The van der Waals surface area contributed by atoms with E-state index in [2.05, 4.69) is 26.0 Å². The highest BCUT2D eigenvalue weighted by molar-refractivity contribution is 9.10. The second-order valence-corrected chi connectivity index (χ2v) is 8.24. The summed E-state index contributed by atoms with van der Waals surface area (Å²) in [7, 11) is -3.34. The maximum absolute atomic E-state index is 12.2. The zero-order chi connectivity index (χ0) is 15.5. The van der Waals surface area contributed by atoms with Gasteiger partial charge in [-0.05, 0) is 31.2 Å². The third kappa shape index (κ3) is 4.18. The van der Waals surface area contributed by atoms with E-state index >= 15 is 0 Å². The third-order valence-electron chi connectivity index (χ3n) is 3.50. The van der Waals surface area contributed by atoms with Gasteiger partial charge < -0.3 is 10.1 Å². The first-order valence-corrected chi connectivity index (χ1v) is 9.41. The summed E-state index contributed by atoms with van der Waals surface area (Å²) in [5.74, 6) is 0.820. The molecule has 5 nitrogen and oxygen atoms in total. The van der Waals surface area contributed by atoms with Crippen LogP contribution in [0, 0.1) is 0 Å². The third-order valence-corrected chi connectivity index (χ3v) is 5.73. The van der Waals surface area contributed by atoms with E-state index in [4.69, 9.17) is 4.74 Å². The summed E-state index contributed by atoms with van der Waals surface area (Å²) in [6.45, 7) is 5.76. The summed E-state index contributed by atoms with van der Waals surface area (Å²) in [6.07, 6.45) is 0.866. The lowest BCUT2D eigenvalue weighted by molar-refractivity contribution is 0.353. The van der Waals surface area contributed by atoms with Crippen molar-refractivity contribution in [3.8, 4) is 5.75 Å². The van der Waals surface area contributed by atoms with E-state index in [1.165, 1.54) is 0 Å². The Hall–Kier alpha value is -0.630. The average molecular weight is 377 g/mol. The summed E-state index contributed by atoms with van der Waals surface area (Å²) < 4.78 is 33.6. The monoisotopic (exact) mass is 376 g/mol. The highest BCUT2D eigenvalue weighted by atomic mass is 79.9. The molecule has 1 aromatic rings. The van der Waals surface area contributed by atoms with Crippen molar-refractivity contribution in [1.82, 2.24) is 10.0 Å². The van der Waals surface area contributed by atoms with Gasteiger partial charge in [0.15, 0.2) is 0 Å². The van der Waals surface area contributed by atoms with Crippen molar-refractivity contribution in [2.45, 2.75) is 32.1 Å². The Labute approximate surface area is 134 Å². The summed E-state index contributed by atoms with van der Waals surface area (Å²) >= 11 is 3.46. The Morgan fingerprint density at radius 1 is 1.43 bits per heavy atom. The molecule has 0 fully saturated rings. The molecule has 2 N–H and O–H groups in total. The Kier molecular flexibility index (Phi) is 5.65. The maximum Gasteiger partial charge on any atom is 0.215 e. The van der Waals surface area contributed by atoms with Crippen LogP contribution in [0.4, 0.5) is 0 Å². The van der Waals surface area contributed by atoms with Crippen LogP contribution in [0.3, 0.4) is 0 Å². The van der Waals surface area contributed by atoms with Crippen molar-refractivity contribution < 1.29 is 13.2 Å². The molecule has 0 amide bonds. The zero-order valence-corrected chi connectivity index (χ0v) is 14.7. The lowest BCUT2D eigenvalue weighted by Gasteiger charge is -2.15. The Balaban J connectivity index is 2.06. The van der Waals surface area contributed by atoms with Gasteiger partial charge in [-0.2, -0.15) is 0 Å². The molecule has 0 aliphatic carbocycles. The van der Waals surface area contributed by atoms with Gasteiger partial charge in [0.2, 0.25) is 10.0 Å². The Bertz CT molecular complexity index is 604. The largest absolute Gasteiger partial charge is 0.493 e. The summed E-state index contributed by atoms with van der Waals surface area (Å²) in [5, 5.41) is 2.58. The topological polar surface area (TPSA) is 67.4 Å². The molecule has 1 aromatic carbocycles. The summed E-state index contributed by atoms with van der Waals surface area (Å²) in [6, 6.07) is 3.93. The fourth-order valence-electron chi connectivity index (χ4n) is 2.26. The number of nitrogens with one attached hydrogen (secondary N) is 2. The number of hydrogen-bond donors (Lipinski definition) is 2. The normalized spacial score (nSPS) is 15.6. The van der Waals surface area contributed by atoms with Crippen LogP contribution in [-0.4, -0.2) is 33.4 Å². The molecule has 118 valence electrons. The lowest BCUT2D eigenvalue weighted by Crippen LogP contribution is -2.38. The van der Waals surface area contributed by atoms with E-state index in [1.807, 2.05) is 19.1 Å². The number of benzene rings is 1. The van der Waals surface area contributed by atoms with Crippen LogP contribution in [0.15, 0.2) is 16.6 Å². The molecule has 0 radical (unpaired) electrons. The number of ether oxygens (including phenoxy) is 1. The van der Waals surface area contributed by atoms with E-state index in [9.17, 15) is 8.42 Å². The van der Waals surface area contributed by atoms with Gasteiger partial charge in [0.05, 0.1) is 11.9 Å². The van der Waals surface area contributed by atoms with Crippen molar-refractivity contribution in [1.29, 1.82) is 0 Å². The van der Waals surface area contributed by atoms with Crippen LogP contribution in [-0.2, 0) is 23.0 Å². The van der Waals surface area contributed by atoms with E-state index < -0.39 is 15.3 Å². The molecular formula is C14H21BrN2O3S. The molecule has 1 aliphatic rings. The van der Waals surface area contributed by atoms with Crippen molar-refractivity contribution in [2.75, 3.05) is 19.7 Å². The minimum atomic E-state index is -3.34. The van der Waals surface area contributed by atoms with E-state index in [-0.39, 0.29) is 6.54 Å². The fourth-order valence-corrected chi connectivity index (χ4v) is 3.79. The van der Waals surface area contributed by atoms with Crippen LogP contribution >= 0.6 is 15.9 Å². The van der Waals surface area contributed by atoms with Crippen molar-refractivity contribution >= 4 is 26.0 Å². The number of sulfonamides is 1. The van der Waals surface area contributed by atoms with Gasteiger partial charge >= 0.3 is 0 Å².